The number of unbranched alkanes of at least 4 members (excludes halogenated alkanes) is 1. The fourth-order valence-corrected chi connectivity index (χ4v) is 1.97. The van der Waals surface area contributed by atoms with Crippen LogP contribution < -0.4 is 5.32 Å². The first kappa shape index (κ1) is 16.2. The summed E-state index contributed by atoms with van der Waals surface area (Å²) >= 11 is 0. The standard InChI is InChI=1S/C16H23NO3/c1-3-5-6-12-7-9-13(10-8-12)11-15(18)17-14(4-2)16(19)20/h7-10,14H,3-6,11H2,1-2H3,(H,17,18)(H,19,20). The number of hydrogen-bond donors (Lipinski definition) is 2. The van der Waals surface area contributed by atoms with Gasteiger partial charge in [0.15, 0.2) is 0 Å². The summed E-state index contributed by atoms with van der Waals surface area (Å²) in [6.07, 6.45) is 3.99. The summed E-state index contributed by atoms with van der Waals surface area (Å²) in [4.78, 5) is 22.6. The van der Waals surface area contributed by atoms with Gasteiger partial charge in [0.25, 0.3) is 0 Å². The molecule has 0 fully saturated rings. The van der Waals surface area contributed by atoms with Crippen LogP contribution in [0.1, 0.15) is 44.2 Å². The van der Waals surface area contributed by atoms with Gasteiger partial charge in [0.05, 0.1) is 6.42 Å². The first-order valence-electron chi connectivity index (χ1n) is 7.16. The summed E-state index contributed by atoms with van der Waals surface area (Å²) in [6, 6.07) is 7.14. The smallest absolute Gasteiger partial charge is 0.326 e. The average molecular weight is 277 g/mol. The summed E-state index contributed by atoms with van der Waals surface area (Å²) in [7, 11) is 0. The third-order valence-corrected chi connectivity index (χ3v) is 3.25. The van der Waals surface area contributed by atoms with Crippen LogP contribution in [0.2, 0.25) is 0 Å². The van der Waals surface area contributed by atoms with Gasteiger partial charge in [0, 0.05) is 0 Å². The third-order valence-electron chi connectivity index (χ3n) is 3.25. The second-order valence-electron chi connectivity index (χ2n) is 4.96. The molecule has 110 valence electrons. The van der Waals surface area contributed by atoms with E-state index in [2.05, 4.69) is 12.2 Å². The zero-order valence-electron chi connectivity index (χ0n) is 12.2. The van der Waals surface area contributed by atoms with E-state index in [1.165, 1.54) is 5.56 Å². The van der Waals surface area contributed by atoms with Gasteiger partial charge in [-0.05, 0) is 30.4 Å². The molecule has 0 spiro atoms. The summed E-state index contributed by atoms with van der Waals surface area (Å²) in [6.45, 7) is 3.90. The summed E-state index contributed by atoms with van der Waals surface area (Å²) in [5.74, 6) is -1.24. The van der Waals surface area contributed by atoms with E-state index in [-0.39, 0.29) is 12.3 Å². The maximum atomic E-state index is 11.8. The highest BCUT2D eigenvalue weighted by molar-refractivity contribution is 5.84. The van der Waals surface area contributed by atoms with Crippen molar-refractivity contribution in [1.82, 2.24) is 5.32 Å². The molecule has 1 unspecified atom stereocenters. The lowest BCUT2D eigenvalue weighted by molar-refractivity contribution is -0.141. The molecule has 4 nitrogen and oxygen atoms in total. The molecule has 4 heteroatoms. The molecule has 20 heavy (non-hydrogen) atoms. The van der Waals surface area contributed by atoms with Crippen molar-refractivity contribution in [2.45, 2.75) is 52.0 Å². The Bertz CT molecular complexity index is 440. The van der Waals surface area contributed by atoms with E-state index >= 15 is 0 Å². The van der Waals surface area contributed by atoms with Gasteiger partial charge in [0.1, 0.15) is 6.04 Å². The number of aryl methyl sites for hydroxylation is 1. The fraction of sp³-hybridized carbons (Fsp3) is 0.500. The lowest BCUT2D eigenvalue weighted by Gasteiger charge is -2.12. The number of carbonyl (C=O) groups is 2. The van der Waals surface area contributed by atoms with Gasteiger partial charge in [-0.3, -0.25) is 4.79 Å². The van der Waals surface area contributed by atoms with Crippen molar-refractivity contribution in [3.63, 3.8) is 0 Å². The minimum absolute atomic E-state index is 0.220. The molecule has 1 atom stereocenters. The molecule has 1 aromatic rings. The Kier molecular flexibility index (Phi) is 6.77. The number of rotatable bonds is 8. The monoisotopic (exact) mass is 277 g/mol. The highest BCUT2D eigenvalue weighted by atomic mass is 16.4. The number of hydrogen-bond acceptors (Lipinski definition) is 2. The van der Waals surface area contributed by atoms with E-state index in [4.69, 9.17) is 5.11 Å². The van der Waals surface area contributed by atoms with Crippen LogP contribution in [0.4, 0.5) is 0 Å². The van der Waals surface area contributed by atoms with Gasteiger partial charge in [-0.1, -0.05) is 44.5 Å². The van der Waals surface area contributed by atoms with Crippen molar-refractivity contribution in [3.05, 3.63) is 35.4 Å². The molecule has 0 aliphatic heterocycles. The quantitative estimate of drug-likeness (QED) is 0.767. The van der Waals surface area contributed by atoms with Crippen molar-refractivity contribution < 1.29 is 14.7 Å². The van der Waals surface area contributed by atoms with Crippen LogP contribution in [0.25, 0.3) is 0 Å². The number of nitrogens with one attached hydrogen (secondary N) is 1. The second kappa shape index (κ2) is 8.35. The highest BCUT2D eigenvalue weighted by Gasteiger charge is 2.17. The first-order valence-corrected chi connectivity index (χ1v) is 7.16. The van der Waals surface area contributed by atoms with Gasteiger partial charge < -0.3 is 10.4 Å². The minimum Gasteiger partial charge on any atom is -0.480 e. The molecule has 0 saturated carbocycles. The third kappa shape index (κ3) is 5.43. The van der Waals surface area contributed by atoms with E-state index in [1.54, 1.807) is 6.92 Å². The summed E-state index contributed by atoms with van der Waals surface area (Å²) in [5, 5.41) is 11.4. The number of carboxylic acid groups (broad SMARTS) is 1. The molecule has 0 heterocycles. The van der Waals surface area contributed by atoms with E-state index < -0.39 is 12.0 Å². The highest BCUT2D eigenvalue weighted by Crippen LogP contribution is 2.08. The topological polar surface area (TPSA) is 66.4 Å². The fourth-order valence-electron chi connectivity index (χ4n) is 1.97. The summed E-state index contributed by atoms with van der Waals surface area (Å²) in [5.41, 5.74) is 2.18. The molecule has 2 N–H and O–H groups in total. The van der Waals surface area contributed by atoms with Gasteiger partial charge >= 0.3 is 5.97 Å². The zero-order valence-corrected chi connectivity index (χ0v) is 12.2. The van der Waals surface area contributed by atoms with Crippen LogP contribution in [0.3, 0.4) is 0 Å². The van der Waals surface area contributed by atoms with Crippen molar-refractivity contribution in [1.29, 1.82) is 0 Å². The predicted octanol–water partition coefficient (Wildman–Crippen LogP) is 2.55. The lowest BCUT2D eigenvalue weighted by atomic mass is 10.0. The Labute approximate surface area is 120 Å². The van der Waals surface area contributed by atoms with Crippen LogP contribution in [0, 0.1) is 0 Å². The normalized spacial score (nSPS) is 11.9. The van der Waals surface area contributed by atoms with Crippen LogP contribution >= 0.6 is 0 Å². The van der Waals surface area contributed by atoms with Crippen LogP contribution in [-0.4, -0.2) is 23.0 Å². The first-order chi connectivity index (χ1) is 9.56. The molecule has 1 aromatic carbocycles. The number of carboxylic acids is 1. The minimum atomic E-state index is -0.990. The molecule has 1 rings (SSSR count). The van der Waals surface area contributed by atoms with E-state index in [9.17, 15) is 9.59 Å². The Morgan fingerprint density at radius 2 is 1.75 bits per heavy atom. The second-order valence-corrected chi connectivity index (χ2v) is 4.96. The Morgan fingerprint density at radius 3 is 2.25 bits per heavy atom. The number of carbonyl (C=O) groups excluding carboxylic acids is 1. The number of aliphatic carboxylic acids is 1. The maximum Gasteiger partial charge on any atom is 0.326 e. The average Bonchev–Trinajstić information content (AvgIpc) is 2.43. The zero-order chi connectivity index (χ0) is 15.0. The lowest BCUT2D eigenvalue weighted by Crippen LogP contribution is -2.40. The number of amides is 1. The van der Waals surface area contributed by atoms with Crippen LogP contribution in [-0.2, 0) is 22.4 Å². The maximum absolute atomic E-state index is 11.8. The van der Waals surface area contributed by atoms with Crippen LogP contribution in [0.15, 0.2) is 24.3 Å². The Balaban J connectivity index is 2.51. The van der Waals surface area contributed by atoms with Gasteiger partial charge in [0.2, 0.25) is 5.91 Å². The van der Waals surface area contributed by atoms with E-state index in [0.717, 1.165) is 24.8 Å². The van der Waals surface area contributed by atoms with Gasteiger partial charge in [-0.2, -0.15) is 0 Å². The molecule has 0 saturated heterocycles. The van der Waals surface area contributed by atoms with Crippen molar-refractivity contribution in [3.8, 4) is 0 Å². The number of benzene rings is 1. The van der Waals surface area contributed by atoms with E-state index in [0.29, 0.717) is 6.42 Å². The molecule has 0 aromatic heterocycles. The van der Waals surface area contributed by atoms with Crippen LogP contribution in [0.5, 0.6) is 0 Å². The van der Waals surface area contributed by atoms with Gasteiger partial charge in [-0.15, -0.1) is 0 Å². The SMILES string of the molecule is CCCCc1ccc(CC(=O)NC(CC)C(=O)O)cc1. The van der Waals surface area contributed by atoms with Crippen molar-refractivity contribution in [2.24, 2.45) is 0 Å². The van der Waals surface area contributed by atoms with Gasteiger partial charge in [-0.25, -0.2) is 4.79 Å². The molecule has 0 radical (unpaired) electrons. The predicted molar refractivity (Wildman–Crippen MR) is 78.6 cm³/mol. The van der Waals surface area contributed by atoms with Crippen molar-refractivity contribution >= 4 is 11.9 Å². The molecular weight excluding hydrogens is 254 g/mol. The Hall–Kier alpha value is -1.84. The molecule has 1 amide bonds. The largest absolute Gasteiger partial charge is 0.480 e. The summed E-state index contributed by atoms with van der Waals surface area (Å²) < 4.78 is 0. The molecule has 0 bridgehead atoms. The van der Waals surface area contributed by atoms with Crippen molar-refractivity contribution in [2.75, 3.05) is 0 Å². The van der Waals surface area contributed by atoms with E-state index in [1.807, 2.05) is 24.3 Å². The molecule has 0 aliphatic rings. The molecule has 0 aliphatic carbocycles. The molecular formula is C16H23NO3. The Morgan fingerprint density at radius 1 is 1.15 bits per heavy atom.